The quantitative estimate of drug-likeness (QED) is 0.366. The van der Waals surface area contributed by atoms with Crippen molar-refractivity contribution < 1.29 is 23.2 Å². The highest BCUT2D eigenvalue weighted by Crippen LogP contribution is 2.35. The van der Waals surface area contributed by atoms with Crippen molar-refractivity contribution in [3.05, 3.63) is 33.1 Å². The number of carbonyl (C=O) groups is 1. The van der Waals surface area contributed by atoms with Gasteiger partial charge in [0, 0.05) is 6.07 Å². The molecule has 1 heterocycles. The second-order valence-corrected chi connectivity index (χ2v) is 3.44. The van der Waals surface area contributed by atoms with E-state index < -0.39 is 28.2 Å². The number of nitrogens with zero attached hydrogens (tertiary/aromatic N) is 2. The predicted octanol–water partition coefficient (Wildman–Crippen LogP) is 2.30. The topological polar surface area (TPSA) is 82.3 Å². The van der Waals surface area contributed by atoms with Crippen LogP contribution in [0.4, 0.5) is 14.5 Å². The van der Waals surface area contributed by atoms with Crippen molar-refractivity contribution >= 4 is 23.3 Å². The second kappa shape index (κ2) is 5.21. The first kappa shape index (κ1) is 14.2. The number of pyridine rings is 1. The minimum atomic E-state index is -4.23. The van der Waals surface area contributed by atoms with Gasteiger partial charge in [-0.2, -0.15) is 8.78 Å². The molecule has 0 radical (unpaired) electrons. The van der Waals surface area contributed by atoms with Gasteiger partial charge < -0.3 is 4.74 Å². The molecule has 0 spiro atoms. The normalized spacial score (nSPS) is 11.1. The van der Waals surface area contributed by atoms with Crippen molar-refractivity contribution in [1.82, 2.24) is 4.98 Å². The van der Waals surface area contributed by atoms with Gasteiger partial charge in [-0.3, -0.25) is 10.1 Å². The molecule has 9 heteroatoms. The van der Waals surface area contributed by atoms with E-state index in [4.69, 9.17) is 11.6 Å². The average molecular weight is 281 g/mol. The maximum Gasteiger partial charge on any atom is 0.391 e. The first-order valence-corrected chi connectivity index (χ1v) is 5.05. The summed E-state index contributed by atoms with van der Waals surface area (Å²) in [6.07, 6.45) is 0. The van der Waals surface area contributed by atoms with E-state index in [1.54, 1.807) is 0 Å². The van der Waals surface area contributed by atoms with Gasteiger partial charge >= 0.3 is 11.9 Å². The van der Waals surface area contributed by atoms with E-state index >= 15 is 0 Å². The van der Waals surface area contributed by atoms with E-state index in [9.17, 15) is 23.7 Å². The molecule has 1 rings (SSSR count). The molecule has 0 fully saturated rings. The molecule has 18 heavy (non-hydrogen) atoms. The lowest BCUT2D eigenvalue weighted by molar-refractivity contribution is -0.387. The third-order valence-corrected chi connectivity index (χ3v) is 2.08. The van der Waals surface area contributed by atoms with Crippen LogP contribution in [-0.4, -0.2) is 22.5 Å². The van der Waals surface area contributed by atoms with Crippen LogP contribution in [-0.2, 0) is 15.5 Å². The van der Waals surface area contributed by atoms with E-state index in [2.05, 4.69) is 9.72 Å². The van der Waals surface area contributed by atoms with Crippen molar-refractivity contribution in [2.45, 2.75) is 12.8 Å². The Balaban J connectivity index is 3.33. The highest BCUT2D eigenvalue weighted by molar-refractivity contribution is 6.29. The van der Waals surface area contributed by atoms with Gasteiger partial charge in [0.05, 0.1) is 11.5 Å². The van der Waals surface area contributed by atoms with Gasteiger partial charge in [-0.1, -0.05) is 11.6 Å². The zero-order valence-electron chi connectivity index (χ0n) is 9.02. The Bertz CT molecular complexity index is 495. The number of alkyl halides is 2. The zero-order chi connectivity index (χ0) is 13.9. The van der Waals surface area contributed by atoms with E-state index in [-0.39, 0.29) is 11.8 Å². The molecule has 0 unspecified atom stereocenters. The summed E-state index contributed by atoms with van der Waals surface area (Å²) in [5.41, 5.74) is -2.34. The Kier molecular flexibility index (Phi) is 4.12. The van der Waals surface area contributed by atoms with Gasteiger partial charge in [-0.05, 0) is 13.0 Å². The molecule has 0 bridgehead atoms. The molecule has 0 amide bonds. The number of carbonyl (C=O) groups excluding carboxylic acids is 1. The maximum atomic E-state index is 13.6. The minimum Gasteiger partial charge on any atom is -0.461 e. The highest BCUT2D eigenvalue weighted by Gasteiger charge is 2.49. The van der Waals surface area contributed by atoms with E-state index in [0.29, 0.717) is 0 Å². The molecule has 0 aliphatic carbocycles. The smallest absolute Gasteiger partial charge is 0.391 e. The number of ether oxygens (including phenoxy) is 1. The molecular weight excluding hydrogens is 274 g/mol. The summed E-state index contributed by atoms with van der Waals surface area (Å²) in [6.45, 7) is 1.04. The Morgan fingerprint density at radius 1 is 1.61 bits per heavy atom. The maximum absolute atomic E-state index is 13.6. The number of esters is 1. The lowest BCUT2D eigenvalue weighted by Crippen LogP contribution is -2.30. The van der Waals surface area contributed by atoms with Gasteiger partial charge in [-0.25, -0.2) is 9.78 Å². The van der Waals surface area contributed by atoms with E-state index in [1.165, 1.54) is 6.92 Å². The fraction of sp³-hybridized carbons (Fsp3) is 0.333. The summed E-state index contributed by atoms with van der Waals surface area (Å²) < 4.78 is 31.4. The summed E-state index contributed by atoms with van der Waals surface area (Å²) in [5.74, 6) is -6.15. The van der Waals surface area contributed by atoms with Crippen LogP contribution in [0.1, 0.15) is 12.6 Å². The number of hydrogen-bond donors (Lipinski definition) is 0. The Labute approximate surface area is 105 Å². The van der Waals surface area contributed by atoms with E-state index in [0.717, 1.165) is 12.1 Å². The molecule has 0 aromatic carbocycles. The Morgan fingerprint density at radius 3 is 2.72 bits per heavy atom. The first-order valence-electron chi connectivity index (χ1n) is 4.67. The minimum absolute atomic E-state index is 0.289. The van der Waals surface area contributed by atoms with Crippen molar-refractivity contribution in [3.8, 4) is 0 Å². The van der Waals surface area contributed by atoms with Crippen LogP contribution in [0.5, 0.6) is 0 Å². The van der Waals surface area contributed by atoms with Gasteiger partial charge in [0.2, 0.25) is 5.69 Å². The predicted molar refractivity (Wildman–Crippen MR) is 56.4 cm³/mol. The number of rotatable bonds is 4. The summed E-state index contributed by atoms with van der Waals surface area (Å²) in [6, 6.07) is 1.72. The summed E-state index contributed by atoms with van der Waals surface area (Å²) >= 11 is 5.39. The fourth-order valence-electron chi connectivity index (χ4n) is 1.12. The molecule has 0 atom stereocenters. The summed E-state index contributed by atoms with van der Waals surface area (Å²) in [7, 11) is 0. The number of halogens is 3. The molecule has 0 aliphatic heterocycles. The van der Waals surface area contributed by atoms with Crippen LogP contribution in [0.25, 0.3) is 0 Å². The first-order chi connectivity index (χ1) is 8.30. The van der Waals surface area contributed by atoms with Gasteiger partial charge in [0.1, 0.15) is 5.15 Å². The highest BCUT2D eigenvalue weighted by atomic mass is 35.5. The van der Waals surface area contributed by atoms with Crippen molar-refractivity contribution in [1.29, 1.82) is 0 Å². The van der Waals surface area contributed by atoms with Crippen LogP contribution in [0.2, 0.25) is 5.15 Å². The molecule has 0 saturated carbocycles. The largest absolute Gasteiger partial charge is 0.461 e. The SMILES string of the molecule is CCOC(=O)C(F)(F)c1nc(Cl)ccc1[N+](=O)[O-]. The third-order valence-electron chi connectivity index (χ3n) is 1.87. The average Bonchev–Trinajstić information content (AvgIpc) is 2.28. The number of nitro groups is 1. The van der Waals surface area contributed by atoms with Crippen LogP contribution in [0.15, 0.2) is 12.1 Å². The molecule has 0 N–H and O–H groups in total. The van der Waals surface area contributed by atoms with Crippen LogP contribution >= 0.6 is 11.6 Å². The van der Waals surface area contributed by atoms with Gasteiger partial charge in [0.25, 0.3) is 5.69 Å². The molecule has 0 aliphatic rings. The molecule has 0 saturated heterocycles. The number of aromatic nitrogens is 1. The molecule has 1 aromatic rings. The molecule has 1 aromatic heterocycles. The van der Waals surface area contributed by atoms with Crippen molar-refractivity contribution in [3.63, 3.8) is 0 Å². The van der Waals surface area contributed by atoms with Crippen molar-refractivity contribution in [2.24, 2.45) is 0 Å². The fourth-order valence-corrected chi connectivity index (χ4v) is 1.27. The molecule has 98 valence electrons. The Hall–Kier alpha value is -1.83. The lowest BCUT2D eigenvalue weighted by atomic mass is 10.2. The number of hydrogen-bond acceptors (Lipinski definition) is 5. The van der Waals surface area contributed by atoms with Gasteiger partial charge in [0.15, 0.2) is 0 Å². The molecular formula is C9H7ClF2N2O4. The lowest BCUT2D eigenvalue weighted by Gasteiger charge is -2.13. The molecule has 6 nitrogen and oxygen atoms in total. The van der Waals surface area contributed by atoms with Gasteiger partial charge in [-0.15, -0.1) is 0 Å². The van der Waals surface area contributed by atoms with Crippen LogP contribution in [0.3, 0.4) is 0 Å². The zero-order valence-corrected chi connectivity index (χ0v) is 9.78. The third kappa shape index (κ3) is 2.70. The summed E-state index contributed by atoms with van der Waals surface area (Å²) in [4.78, 5) is 23.7. The standard InChI is InChI=1S/C9H7ClF2N2O4/c1-2-18-8(15)9(11,12)7-5(14(16)17)3-4-6(10)13-7/h3-4H,2H2,1H3. The van der Waals surface area contributed by atoms with E-state index in [1.807, 2.05) is 0 Å². The van der Waals surface area contributed by atoms with Crippen molar-refractivity contribution in [2.75, 3.05) is 6.61 Å². The van der Waals surface area contributed by atoms with Crippen LogP contribution < -0.4 is 0 Å². The van der Waals surface area contributed by atoms with Crippen LogP contribution in [0, 0.1) is 10.1 Å². The summed E-state index contributed by atoms with van der Waals surface area (Å²) in [5, 5.41) is 10.2. The monoisotopic (exact) mass is 280 g/mol. The second-order valence-electron chi connectivity index (χ2n) is 3.05. The Morgan fingerprint density at radius 2 is 2.22 bits per heavy atom.